The predicted molar refractivity (Wildman–Crippen MR) is 41.3 cm³/mol. The lowest BCUT2D eigenvalue weighted by molar-refractivity contribution is -0.121. The van der Waals surface area contributed by atoms with Gasteiger partial charge in [-0.05, 0) is 6.42 Å². The molecule has 1 aliphatic heterocycles. The van der Waals surface area contributed by atoms with E-state index < -0.39 is 29.3 Å². The Bertz CT molecular complexity index is 210. The first kappa shape index (κ1) is 9.59. The van der Waals surface area contributed by atoms with Crippen molar-refractivity contribution in [2.24, 2.45) is 0 Å². The van der Waals surface area contributed by atoms with E-state index in [1.54, 1.807) is 0 Å². The van der Waals surface area contributed by atoms with E-state index in [1.807, 2.05) is 4.72 Å². The van der Waals surface area contributed by atoms with Crippen LogP contribution >= 0.6 is 0 Å². The summed E-state index contributed by atoms with van der Waals surface area (Å²) in [6, 6.07) is -0.559. The molecular formula is C5H10N2O4S. The first-order chi connectivity index (χ1) is 5.59. The molecule has 1 fully saturated rings. The van der Waals surface area contributed by atoms with Crippen molar-refractivity contribution in [2.45, 2.75) is 18.6 Å². The molecule has 0 spiro atoms. The summed E-state index contributed by atoms with van der Waals surface area (Å²) in [7, 11) is 0. The summed E-state index contributed by atoms with van der Waals surface area (Å²) in [5, 5.41) is 11.7. The van der Waals surface area contributed by atoms with Crippen LogP contribution in [0.2, 0.25) is 0 Å². The Morgan fingerprint density at radius 3 is 2.75 bits per heavy atom. The van der Waals surface area contributed by atoms with Gasteiger partial charge in [0.25, 0.3) is 17.2 Å². The highest BCUT2D eigenvalue weighted by Gasteiger charge is 2.28. The fourth-order valence-electron chi connectivity index (χ4n) is 1.07. The molecule has 0 aromatic rings. The van der Waals surface area contributed by atoms with Gasteiger partial charge in [0, 0.05) is 6.54 Å². The van der Waals surface area contributed by atoms with Crippen LogP contribution in [-0.2, 0) is 16.1 Å². The summed E-state index contributed by atoms with van der Waals surface area (Å²) in [6.45, 7) is 0.343. The molecule has 0 saturated carbocycles. The summed E-state index contributed by atoms with van der Waals surface area (Å²) in [6.07, 6.45) is -0.267. The number of carbonyl (C=O) groups is 1. The molecule has 0 aromatic carbocycles. The minimum absolute atomic E-state index is 0.281. The van der Waals surface area contributed by atoms with Gasteiger partial charge in [0.05, 0.1) is 12.1 Å². The van der Waals surface area contributed by atoms with Crippen molar-refractivity contribution in [3.05, 3.63) is 0 Å². The van der Waals surface area contributed by atoms with Gasteiger partial charge in [-0.2, -0.15) is 0 Å². The average Bonchev–Trinajstić information content (AvgIpc) is 2.34. The second kappa shape index (κ2) is 3.94. The summed E-state index contributed by atoms with van der Waals surface area (Å²) >= 11 is -2.32. The molecule has 6 nitrogen and oxygen atoms in total. The Morgan fingerprint density at radius 1 is 1.67 bits per heavy atom. The minimum atomic E-state index is -2.32. The number of amides is 1. The Kier molecular flexibility index (Phi) is 3.15. The van der Waals surface area contributed by atoms with Crippen LogP contribution < -0.4 is 10.0 Å². The van der Waals surface area contributed by atoms with Crippen molar-refractivity contribution in [2.75, 3.05) is 6.54 Å². The van der Waals surface area contributed by atoms with E-state index in [9.17, 15) is 9.00 Å². The van der Waals surface area contributed by atoms with Crippen molar-refractivity contribution in [1.82, 2.24) is 10.0 Å². The average molecular weight is 194 g/mol. The van der Waals surface area contributed by atoms with Crippen molar-refractivity contribution < 1.29 is 18.7 Å². The van der Waals surface area contributed by atoms with Crippen LogP contribution in [0.3, 0.4) is 0 Å². The fraction of sp³-hybridized carbons (Fsp3) is 0.800. The van der Waals surface area contributed by atoms with Gasteiger partial charge in [-0.3, -0.25) is 14.1 Å². The number of nitrogens with one attached hydrogen (secondary N) is 2. The monoisotopic (exact) mass is 194 g/mol. The normalized spacial score (nSPS) is 31.5. The van der Waals surface area contributed by atoms with Gasteiger partial charge in [0.15, 0.2) is 0 Å². The van der Waals surface area contributed by atoms with Gasteiger partial charge in [0.1, 0.15) is 0 Å². The zero-order chi connectivity index (χ0) is 9.14. The van der Waals surface area contributed by atoms with E-state index in [2.05, 4.69) is 5.32 Å². The second-order valence-electron chi connectivity index (χ2n) is 2.57. The molecule has 12 heavy (non-hydrogen) atoms. The number of carbonyl (C=O) groups excluding carboxylic acids is 1. The maximum atomic E-state index is 11.0. The molecule has 0 bridgehead atoms. The maximum Gasteiger partial charge on any atom is 0.261 e. The largest absolute Gasteiger partial charge is 0.392 e. The molecule has 0 aliphatic carbocycles. The standard InChI is InChI=1S/C5H10N2O4S/c8-3-1-4(6-2-3)5(9)7-12(10)11/h3-4,6,8H,1-2H2,(H,7,9)(H,10,11)/t3-,4+/m1/s1. The molecule has 3 atom stereocenters. The summed E-state index contributed by atoms with van der Waals surface area (Å²) in [5.74, 6) is -0.563. The Morgan fingerprint density at radius 2 is 2.33 bits per heavy atom. The highest BCUT2D eigenvalue weighted by Crippen LogP contribution is 2.05. The van der Waals surface area contributed by atoms with Crippen molar-refractivity contribution in [3.63, 3.8) is 0 Å². The molecule has 1 saturated heterocycles. The van der Waals surface area contributed by atoms with E-state index in [0.29, 0.717) is 6.54 Å². The third-order valence-corrected chi connectivity index (χ3v) is 1.99. The molecule has 1 unspecified atom stereocenters. The first-order valence-electron chi connectivity index (χ1n) is 3.42. The van der Waals surface area contributed by atoms with Gasteiger partial charge in [-0.25, -0.2) is 4.21 Å². The summed E-state index contributed by atoms with van der Waals surface area (Å²) in [5.41, 5.74) is 0. The number of aliphatic hydroxyl groups is 1. The summed E-state index contributed by atoms with van der Waals surface area (Å²) in [4.78, 5) is 11.0. The molecule has 1 amide bonds. The number of hydrogen-bond donors (Lipinski definition) is 4. The number of β-amino-alcohol motifs (C(OH)–C–C–N with tert-alkyl or cyclic N) is 1. The maximum absolute atomic E-state index is 11.0. The van der Waals surface area contributed by atoms with Crippen molar-refractivity contribution >= 4 is 17.2 Å². The third kappa shape index (κ3) is 2.52. The fourth-order valence-corrected chi connectivity index (χ4v) is 1.39. The number of hydrogen-bond acceptors (Lipinski definition) is 4. The van der Waals surface area contributed by atoms with Crippen LogP contribution in [0, 0.1) is 0 Å². The quantitative estimate of drug-likeness (QED) is 0.380. The van der Waals surface area contributed by atoms with Crippen LogP contribution in [0.15, 0.2) is 0 Å². The van der Waals surface area contributed by atoms with Crippen molar-refractivity contribution in [3.8, 4) is 0 Å². The van der Waals surface area contributed by atoms with Gasteiger partial charge >= 0.3 is 0 Å². The van der Waals surface area contributed by atoms with E-state index >= 15 is 0 Å². The molecule has 0 radical (unpaired) electrons. The molecular weight excluding hydrogens is 184 g/mol. The van der Waals surface area contributed by atoms with Crippen LogP contribution in [0.25, 0.3) is 0 Å². The number of rotatable bonds is 2. The van der Waals surface area contributed by atoms with Gasteiger partial charge < -0.3 is 10.4 Å². The highest BCUT2D eigenvalue weighted by atomic mass is 32.2. The lowest BCUT2D eigenvalue weighted by Crippen LogP contribution is -2.40. The van der Waals surface area contributed by atoms with E-state index in [-0.39, 0.29) is 6.42 Å². The Balaban J connectivity index is 2.38. The second-order valence-corrected chi connectivity index (χ2v) is 3.27. The predicted octanol–water partition coefficient (Wildman–Crippen LogP) is -2.04. The molecule has 70 valence electrons. The topological polar surface area (TPSA) is 98.7 Å². The zero-order valence-corrected chi connectivity index (χ0v) is 7.00. The SMILES string of the molecule is O=C(NS(=O)O)[C@@H]1C[C@@H](O)CN1. The minimum Gasteiger partial charge on any atom is -0.392 e. The molecule has 1 heterocycles. The van der Waals surface area contributed by atoms with Crippen molar-refractivity contribution in [1.29, 1.82) is 0 Å². The van der Waals surface area contributed by atoms with Gasteiger partial charge in [-0.1, -0.05) is 0 Å². The molecule has 1 rings (SSSR count). The van der Waals surface area contributed by atoms with Crippen LogP contribution in [-0.4, -0.2) is 38.5 Å². The van der Waals surface area contributed by atoms with E-state index in [4.69, 9.17) is 9.66 Å². The lowest BCUT2D eigenvalue weighted by Gasteiger charge is -2.06. The van der Waals surface area contributed by atoms with Crippen LogP contribution in [0.1, 0.15) is 6.42 Å². The van der Waals surface area contributed by atoms with Gasteiger partial charge in [0.2, 0.25) is 0 Å². The third-order valence-electron chi connectivity index (χ3n) is 1.61. The van der Waals surface area contributed by atoms with Crippen LogP contribution in [0.4, 0.5) is 0 Å². The van der Waals surface area contributed by atoms with Crippen LogP contribution in [0.5, 0.6) is 0 Å². The van der Waals surface area contributed by atoms with E-state index in [0.717, 1.165) is 0 Å². The molecule has 0 aromatic heterocycles. The molecule has 7 heteroatoms. The lowest BCUT2D eigenvalue weighted by atomic mass is 10.2. The van der Waals surface area contributed by atoms with Gasteiger partial charge in [-0.15, -0.1) is 0 Å². The van der Waals surface area contributed by atoms with E-state index in [1.165, 1.54) is 0 Å². The Hall–Kier alpha value is -0.500. The number of aliphatic hydroxyl groups excluding tert-OH is 1. The molecule has 1 aliphatic rings. The molecule has 4 N–H and O–H groups in total. The zero-order valence-electron chi connectivity index (χ0n) is 6.19. The Labute approximate surface area is 71.8 Å². The highest BCUT2D eigenvalue weighted by molar-refractivity contribution is 7.77. The smallest absolute Gasteiger partial charge is 0.261 e. The first-order valence-corrected chi connectivity index (χ1v) is 4.53. The summed E-state index contributed by atoms with van der Waals surface area (Å²) < 4.78 is 20.3.